The first-order valence-corrected chi connectivity index (χ1v) is 13.5. The van der Waals surface area contributed by atoms with E-state index in [1.54, 1.807) is 6.21 Å². The van der Waals surface area contributed by atoms with Crippen molar-refractivity contribution in [2.75, 3.05) is 5.75 Å². The van der Waals surface area contributed by atoms with E-state index in [0.717, 1.165) is 27.0 Å². The average Bonchev–Trinajstić information content (AvgIpc) is 3.37. The molecule has 0 aliphatic heterocycles. The zero-order valence-corrected chi connectivity index (χ0v) is 22.5. The molecule has 0 bridgehead atoms. The number of nitrogens with one attached hydrogen (secondary N) is 1. The minimum Gasteiger partial charge on any atom is -0.457 e. The largest absolute Gasteiger partial charge is 0.457 e. The highest BCUT2D eigenvalue weighted by Crippen LogP contribution is 2.29. The van der Waals surface area contributed by atoms with E-state index in [-0.39, 0.29) is 11.7 Å². The number of nitrogens with zero attached hydrogens (tertiary/aromatic N) is 4. The molecule has 0 saturated carbocycles. The predicted molar refractivity (Wildman–Crippen MR) is 154 cm³/mol. The van der Waals surface area contributed by atoms with Crippen molar-refractivity contribution in [3.8, 4) is 28.6 Å². The maximum Gasteiger partial charge on any atom is 0.250 e. The van der Waals surface area contributed by atoms with Gasteiger partial charge in [0, 0.05) is 15.7 Å². The van der Waals surface area contributed by atoms with Crippen molar-refractivity contribution in [1.82, 2.24) is 20.2 Å². The van der Waals surface area contributed by atoms with Crippen LogP contribution in [-0.4, -0.2) is 32.6 Å². The number of thioether (sulfide) groups is 1. The number of hydrogen-bond donors (Lipinski definition) is 1. The molecule has 1 N–H and O–H groups in total. The van der Waals surface area contributed by atoms with Gasteiger partial charge >= 0.3 is 0 Å². The minimum absolute atomic E-state index is 0.123. The molecule has 7 nitrogen and oxygen atoms in total. The van der Waals surface area contributed by atoms with Crippen LogP contribution in [0.2, 0.25) is 0 Å². The Labute approximate surface area is 232 Å². The van der Waals surface area contributed by atoms with Crippen molar-refractivity contribution in [3.63, 3.8) is 0 Å². The summed E-state index contributed by atoms with van der Waals surface area (Å²) >= 11 is 4.81. The van der Waals surface area contributed by atoms with Gasteiger partial charge in [-0.2, -0.15) is 5.10 Å². The van der Waals surface area contributed by atoms with Gasteiger partial charge in [0.2, 0.25) is 0 Å². The zero-order valence-electron chi connectivity index (χ0n) is 20.1. The maximum absolute atomic E-state index is 12.5. The van der Waals surface area contributed by atoms with E-state index < -0.39 is 0 Å². The van der Waals surface area contributed by atoms with E-state index >= 15 is 0 Å². The molecule has 1 amide bonds. The summed E-state index contributed by atoms with van der Waals surface area (Å²) in [6, 6.07) is 34.7. The molecule has 0 radical (unpaired) electrons. The van der Waals surface area contributed by atoms with E-state index in [9.17, 15) is 4.79 Å². The summed E-state index contributed by atoms with van der Waals surface area (Å²) in [6.07, 6.45) is 1.58. The summed E-state index contributed by atoms with van der Waals surface area (Å²) in [5.41, 5.74) is 5.20. The van der Waals surface area contributed by atoms with Crippen molar-refractivity contribution in [1.29, 1.82) is 0 Å². The number of hydrogen-bond acceptors (Lipinski definition) is 6. The molecule has 5 aromatic rings. The molecule has 9 heteroatoms. The van der Waals surface area contributed by atoms with Crippen molar-refractivity contribution in [2.24, 2.45) is 5.10 Å². The van der Waals surface area contributed by atoms with Crippen LogP contribution in [0.4, 0.5) is 0 Å². The Hall–Kier alpha value is -4.21. The van der Waals surface area contributed by atoms with Crippen LogP contribution in [0.25, 0.3) is 17.1 Å². The highest BCUT2D eigenvalue weighted by atomic mass is 79.9. The van der Waals surface area contributed by atoms with Crippen LogP contribution in [0.3, 0.4) is 0 Å². The number of ether oxygens (including phenoxy) is 1. The van der Waals surface area contributed by atoms with Crippen molar-refractivity contribution < 1.29 is 9.53 Å². The normalized spacial score (nSPS) is 11.0. The lowest BCUT2D eigenvalue weighted by Crippen LogP contribution is -2.20. The molecule has 0 aliphatic carbocycles. The number of aromatic nitrogens is 3. The smallest absolute Gasteiger partial charge is 0.250 e. The molecule has 0 atom stereocenters. The number of halogens is 1. The van der Waals surface area contributed by atoms with E-state index in [1.807, 2.05) is 114 Å². The lowest BCUT2D eigenvalue weighted by Gasteiger charge is -2.10. The third kappa shape index (κ3) is 6.56. The molecule has 5 rings (SSSR count). The summed E-state index contributed by atoms with van der Waals surface area (Å²) in [5, 5.41) is 13.5. The highest BCUT2D eigenvalue weighted by Gasteiger charge is 2.17. The van der Waals surface area contributed by atoms with Crippen molar-refractivity contribution >= 4 is 39.8 Å². The second-order valence-corrected chi connectivity index (χ2v) is 9.92. The van der Waals surface area contributed by atoms with Crippen LogP contribution in [0, 0.1) is 0 Å². The van der Waals surface area contributed by atoms with Gasteiger partial charge in [-0.3, -0.25) is 9.36 Å². The Morgan fingerprint density at radius 3 is 2.42 bits per heavy atom. The molecule has 1 heterocycles. The molecule has 0 fully saturated rings. The van der Waals surface area contributed by atoms with Gasteiger partial charge in [0.05, 0.1) is 12.0 Å². The second kappa shape index (κ2) is 12.4. The summed E-state index contributed by atoms with van der Waals surface area (Å²) in [5.74, 6) is 1.99. The number of carbonyl (C=O) groups is 1. The number of rotatable bonds is 9. The molecule has 0 saturated heterocycles. The highest BCUT2D eigenvalue weighted by molar-refractivity contribution is 9.10. The zero-order chi connectivity index (χ0) is 26.2. The van der Waals surface area contributed by atoms with E-state index in [0.29, 0.717) is 16.7 Å². The maximum atomic E-state index is 12.5. The van der Waals surface area contributed by atoms with Gasteiger partial charge in [-0.1, -0.05) is 88.4 Å². The van der Waals surface area contributed by atoms with Crippen LogP contribution in [-0.2, 0) is 4.79 Å². The first kappa shape index (κ1) is 25.4. The Balaban J connectivity index is 1.24. The molecule has 0 aliphatic rings. The molecular weight excluding hydrogens is 562 g/mol. The fraction of sp³-hybridized carbons (Fsp3) is 0.0345. The summed E-state index contributed by atoms with van der Waals surface area (Å²) in [6.45, 7) is 0. The van der Waals surface area contributed by atoms with Crippen LogP contribution in [0.5, 0.6) is 11.5 Å². The Morgan fingerprint density at radius 1 is 0.895 bits per heavy atom. The molecule has 0 unspecified atom stereocenters. The quantitative estimate of drug-likeness (QED) is 0.118. The number of para-hydroxylation sites is 2. The van der Waals surface area contributed by atoms with Crippen LogP contribution in [0.1, 0.15) is 5.56 Å². The predicted octanol–water partition coefficient (Wildman–Crippen LogP) is 6.73. The number of hydrazone groups is 1. The van der Waals surface area contributed by atoms with Crippen LogP contribution >= 0.6 is 27.7 Å². The SMILES string of the molecule is O=C(CSc1nnc(-c2cccc(Br)c2)n1-c1ccccc1)N/N=C\c1cccc(Oc2ccccc2)c1. The molecule has 38 heavy (non-hydrogen) atoms. The average molecular weight is 584 g/mol. The van der Waals surface area contributed by atoms with Gasteiger partial charge in [-0.25, -0.2) is 5.43 Å². The fourth-order valence-electron chi connectivity index (χ4n) is 3.61. The lowest BCUT2D eigenvalue weighted by atomic mass is 10.2. The van der Waals surface area contributed by atoms with Crippen molar-refractivity contribution in [3.05, 3.63) is 119 Å². The summed E-state index contributed by atoms with van der Waals surface area (Å²) in [4.78, 5) is 12.5. The third-order valence-corrected chi connectivity index (χ3v) is 6.73. The fourth-order valence-corrected chi connectivity index (χ4v) is 4.76. The summed E-state index contributed by atoms with van der Waals surface area (Å²) in [7, 11) is 0. The Kier molecular flexibility index (Phi) is 8.27. The van der Waals surface area contributed by atoms with Gasteiger partial charge in [0.25, 0.3) is 5.91 Å². The third-order valence-electron chi connectivity index (χ3n) is 5.30. The standard InChI is InChI=1S/C29H22BrN5O2S/c30-23-11-8-10-22(18-23)28-33-34-29(35(28)24-12-3-1-4-13-24)38-20-27(36)32-31-19-21-9-7-16-26(17-21)37-25-14-5-2-6-15-25/h1-19H,20H2,(H,32,36)/b31-19-. The first-order chi connectivity index (χ1) is 18.7. The van der Waals surface area contributed by atoms with Crippen LogP contribution in [0.15, 0.2) is 124 Å². The van der Waals surface area contributed by atoms with Gasteiger partial charge in [0.1, 0.15) is 11.5 Å². The van der Waals surface area contributed by atoms with Gasteiger partial charge in [0.15, 0.2) is 11.0 Å². The monoisotopic (exact) mass is 583 g/mol. The lowest BCUT2D eigenvalue weighted by molar-refractivity contribution is -0.118. The van der Waals surface area contributed by atoms with Gasteiger partial charge < -0.3 is 4.74 Å². The number of amides is 1. The molecule has 1 aromatic heterocycles. The first-order valence-electron chi connectivity index (χ1n) is 11.7. The molecule has 4 aromatic carbocycles. The van der Waals surface area contributed by atoms with E-state index in [4.69, 9.17) is 4.74 Å². The van der Waals surface area contributed by atoms with Gasteiger partial charge in [-0.05, 0) is 54.1 Å². The molecular formula is C29H22BrN5O2S. The van der Waals surface area contributed by atoms with Crippen LogP contribution < -0.4 is 10.2 Å². The van der Waals surface area contributed by atoms with Crippen molar-refractivity contribution in [2.45, 2.75) is 5.16 Å². The molecule has 0 spiro atoms. The number of benzene rings is 4. The van der Waals surface area contributed by atoms with E-state index in [2.05, 4.69) is 36.7 Å². The molecule has 188 valence electrons. The Morgan fingerprint density at radius 2 is 1.63 bits per heavy atom. The summed E-state index contributed by atoms with van der Waals surface area (Å²) < 4.78 is 8.74. The number of carbonyl (C=O) groups excluding carboxylic acids is 1. The van der Waals surface area contributed by atoms with Gasteiger partial charge in [-0.15, -0.1) is 10.2 Å². The van der Waals surface area contributed by atoms with E-state index in [1.165, 1.54) is 11.8 Å². The minimum atomic E-state index is -0.255. The second-order valence-electron chi connectivity index (χ2n) is 8.06. The topological polar surface area (TPSA) is 81.4 Å². The Bertz CT molecular complexity index is 1560.